The van der Waals surface area contributed by atoms with Gasteiger partial charge in [0.05, 0.1) is 19.3 Å². The molecule has 0 aliphatic carbocycles. The molecule has 1 aliphatic heterocycles. The lowest BCUT2D eigenvalue weighted by atomic mass is 10.1. The van der Waals surface area contributed by atoms with Crippen LogP contribution in [0.4, 0.5) is 4.39 Å². The monoisotopic (exact) mass is 388 g/mol. The van der Waals surface area contributed by atoms with Crippen LogP contribution < -0.4 is 0 Å². The van der Waals surface area contributed by atoms with Gasteiger partial charge in [0.1, 0.15) is 18.0 Å². The van der Waals surface area contributed by atoms with Gasteiger partial charge in [-0.2, -0.15) is 0 Å². The number of rotatable bonds is 8. The van der Waals surface area contributed by atoms with Gasteiger partial charge in [-0.25, -0.2) is 4.39 Å². The van der Waals surface area contributed by atoms with Crippen LogP contribution in [0.3, 0.4) is 0 Å². The summed E-state index contributed by atoms with van der Waals surface area (Å²) in [5.74, 6) is -0.782. The Morgan fingerprint density at radius 3 is 2.36 bits per heavy atom. The van der Waals surface area contributed by atoms with E-state index in [1.807, 2.05) is 37.3 Å². The fourth-order valence-corrected chi connectivity index (χ4v) is 3.22. The van der Waals surface area contributed by atoms with Gasteiger partial charge >= 0.3 is 5.97 Å². The van der Waals surface area contributed by atoms with E-state index < -0.39 is 24.5 Å². The summed E-state index contributed by atoms with van der Waals surface area (Å²) in [5.41, 5.74) is 1.44. The Bertz CT molecular complexity index is 767. The minimum atomic E-state index is -0.864. The predicted molar refractivity (Wildman–Crippen MR) is 101 cm³/mol. The lowest BCUT2D eigenvalue weighted by Crippen LogP contribution is -2.38. The highest BCUT2D eigenvalue weighted by Crippen LogP contribution is 2.31. The van der Waals surface area contributed by atoms with Crippen molar-refractivity contribution in [1.29, 1.82) is 0 Å². The zero-order valence-corrected chi connectivity index (χ0v) is 16.0. The third-order valence-electron chi connectivity index (χ3n) is 4.63. The molecule has 0 bridgehead atoms. The van der Waals surface area contributed by atoms with Crippen molar-refractivity contribution in [2.75, 3.05) is 0 Å². The van der Waals surface area contributed by atoms with Crippen LogP contribution in [0.5, 0.6) is 0 Å². The molecule has 28 heavy (non-hydrogen) atoms. The number of halogens is 1. The van der Waals surface area contributed by atoms with Crippen molar-refractivity contribution in [3.63, 3.8) is 0 Å². The number of hydrogen-bond acceptors (Lipinski definition) is 5. The molecule has 0 aromatic heterocycles. The van der Waals surface area contributed by atoms with Crippen molar-refractivity contribution in [2.24, 2.45) is 0 Å². The van der Waals surface area contributed by atoms with Gasteiger partial charge in [-0.15, -0.1) is 0 Å². The minimum Gasteiger partial charge on any atom is -0.433 e. The second kappa shape index (κ2) is 9.78. The fraction of sp³-hybridized carbons (Fsp3) is 0.409. The molecule has 1 saturated heterocycles. The predicted octanol–water partition coefficient (Wildman–Crippen LogP) is 3.99. The molecule has 1 aliphatic rings. The van der Waals surface area contributed by atoms with E-state index in [4.69, 9.17) is 18.9 Å². The normalized spacial score (nSPS) is 24.2. The first-order valence-corrected chi connectivity index (χ1v) is 9.41. The van der Waals surface area contributed by atoms with E-state index >= 15 is 0 Å². The zero-order chi connectivity index (χ0) is 19.9. The van der Waals surface area contributed by atoms with Gasteiger partial charge < -0.3 is 18.9 Å². The van der Waals surface area contributed by atoms with Crippen LogP contribution in [-0.2, 0) is 37.0 Å². The average Bonchev–Trinajstić information content (AvgIpc) is 3.02. The molecule has 1 fully saturated rings. The fourth-order valence-electron chi connectivity index (χ4n) is 3.22. The Hall–Kier alpha value is -2.28. The van der Waals surface area contributed by atoms with Crippen molar-refractivity contribution >= 4 is 5.97 Å². The number of ether oxygens (including phenoxy) is 4. The third-order valence-corrected chi connectivity index (χ3v) is 4.63. The molecule has 1 unspecified atom stereocenters. The molecule has 0 spiro atoms. The summed E-state index contributed by atoms with van der Waals surface area (Å²) >= 11 is 0. The molecule has 2 aromatic rings. The van der Waals surface area contributed by atoms with E-state index in [0.717, 1.165) is 5.56 Å². The van der Waals surface area contributed by atoms with Crippen molar-refractivity contribution in [3.8, 4) is 0 Å². The summed E-state index contributed by atoms with van der Waals surface area (Å²) in [6, 6.07) is 16.1. The van der Waals surface area contributed by atoms with Gasteiger partial charge in [0.15, 0.2) is 0 Å². The Balaban J connectivity index is 1.73. The van der Waals surface area contributed by atoms with Gasteiger partial charge in [-0.05, 0) is 18.1 Å². The topological polar surface area (TPSA) is 54.0 Å². The van der Waals surface area contributed by atoms with Crippen molar-refractivity contribution < 1.29 is 28.1 Å². The van der Waals surface area contributed by atoms with Crippen molar-refractivity contribution in [3.05, 3.63) is 71.5 Å². The maximum atomic E-state index is 13.9. The number of hydrogen-bond donors (Lipinski definition) is 0. The molecule has 1 heterocycles. The third kappa shape index (κ3) is 5.16. The Labute approximate surface area is 164 Å². The maximum absolute atomic E-state index is 13.9. The first-order valence-electron chi connectivity index (χ1n) is 9.41. The molecule has 5 nitrogen and oxygen atoms in total. The van der Waals surface area contributed by atoms with Crippen LogP contribution >= 0.6 is 0 Å². The molecule has 4 atom stereocenters. The first kappa shape index (κ1) is 20.5. The SMILES string of the molecule is CC[C@H]1OC(OC(C)=O)[C@H](OCc2ccccc2)[C@H]1OCc1ccccc1F. The molecule has 2 aromatic carbocycles. The second-order valence-corrected chi connectivity index (χ2v) is 6.69. The molecule has 150 valence electrons. The summed E-state index contributed by atoms with van der Waals surface area (Å²) in [7, 11) is 0. The van der Waals surface area contributed by atoms with Crippen LogP contribution in [0.25, 0.3) is 0 Å². The Kier molecular flexibility index (Phi) is 7.14. The van der Waals surface area contributed by atoms with Gasteiger partial charge in [-0.3, -0.25) is 4.79 Å². The number of benzene rings is 2. The quantitative estimate of drug-likeness (QED) is 0.640. The van der Waals surface area contributed by atoms with Crippen molar-refractivity contribution in [1.82, 2.24) is 0 Å². The average molecular weight is 388 g/mol. The maximum Gasteiger partial charge on any atom is 0.305 e. The molecule has 0 radical (unpaired) electrons. The van der Waals surface area contributed by atoms with Crippen LogP contribution in [0.2, 0.25) is 0 Å². The van der Waals surface area contributed by atoms with Crippen molar-refractivity contribution in [2.45, 2.75) is 58.1 Å². The smallest absolute Gasteiger partial charge is 0.305 e. The molecule has 0 saturated carbocycles. The van der Waals surface area contributed by atoms with E-state index in [0.29, 0.717) is 18.6 Å². The molecule has 0 N–H and O–H groups in total. The van der Waals surface area contributed by atoms with Crippen LogP contribution in [-0.4, -0.2) is 30.6 Å². The lowest BCUT2D eigenvalue weighted by Gasteiger charge is -2.24. The van der Waals surface area contributed by atoms with Crippen LogP contribution in [0, 0.1) is 5.82 Å². The van der Waals surface area contributed by atoms with Gasteiger partial charge in [0, 0.05) is 12.5 Å². The highest BCUT2D eigenvalue weighted by atomic mass is 19.1. The lowest BCUT2D eigenvalue weighted by molar-refractivity contribution is -0.193. The largest absolute Gasteiger partial charge is 0.433 e. The molecule has 6 heteroatoms. The summed E-state index contributed by atoms with van der Waals surface area (Å²) < 4.78 is 37.2. The van der Waals surface area contributed by atoms with Gasteiger partial charge in [0.25, 0.3) is 0 Å². The number of esters is 1. The molecule has 3 rings (SSSR count). The van der Waals surface area contributed by atoms with E-state index in [1.165, 1.54) is 13.0 Å². The van der Waals surface area contributed by atoms with E-state index in [2.05, 4.69) is 0 Å². The first-order chi connectivity index (χ1) is 13.6. The highest BCUT2D eigenvalue weighted by molar-refractivity contribution is 5.66. The summed E-state index contributed by atoms with van der Waals surface area (Å²) in [5, 5.41) is 0. The van der Waals surface area contributed by atoms with Crippen LogP contribution in [0.1, 0.15) is 31.4 Å². The summed E-state index contributed by atoms with van der Waals surface area (Å²) in [6.45, 7) is 3.68. The van der Waals surface area contributed by atoms with E-state index in [1.54, 1.807) is 18.2 Å². The molecular weight excluding hydrogens is 363 g/mol. The molecule has 0 amide bonds. The Morgan fingerprint density at radius 1 is 1.00 bits per heavy atom. The highest BCUT2D eigenvalue weighted by Gasteiger charge is 2.47. The summed E-state index contributed by atoms with van der Waals surface area (Å²) in [6.07, 6.45) is -1.64. The minimum absolute atomic E-state index is 0.0786. The zero-order valence-electron chi connectivity index (χ0n) is 16.0. The number of carbonyl (C=O) groups excluding carboxylic acids is 1. The van der Waals surface area contributed by atoms with E-state index in [-0.39, 0.29) is 18.5 Å². The number of carbonyl (C=O) groups is 1. The van der Waals surface area contributed by atoms with Crippen LogP contribution in [0.15, 0.2) is 54.6 Å². The summed E-state index contributed by atoms with van der Waals surface area (Å²) in [4.78, 5) is 11.5. The van der Waals surface area contributed by atoms with E-state index in [9.17, 15) is 9.18 Å². The standard InChI is InChI=1S/C22H25FO5/c1-3-19-20(26-14-17-11-7-8-12-18(17)23)21(22(28-19)27-15(2)24)25-13-16-9-5-4-6-10-16/h4-12,19-22H,3,13-14H2,1-2H3/t19-,20+,21-,22?/m1/s1. The Morgan fingerprint density at radius 2 is 1.68 bits per heavy atom. The van der Waals surface area contributed by atoms with Gasteiger partial charge in [0.2, 0.25) is 6.29 Å². The second-order valence-electron chi connectivity index (χ2n) is 6.69. The molecular formula is C22H25FO5. The van der Waals surface area contributed by atoms with Gasteiger partial charge in [-0.1, -0.05) is 55.5 Å².